The quantitative estimate of drug-likeness (QED) is 0.689. The Labute approximate surface area is 141 Å². The van der Waals surface area contributed by atoms with Gasteiger partial charge in [-0.15, -0.1) is 0 Å². The number of hydrogen-bond acceptors (Lipinski definition) is 4. The van der Waals surface area contributed by atoms with Crippen LogP contribution in [0.1, 0.15) is 24.9 Å². The third kappa shape index (κ3) is 2.97. The van der Waals surface area contributed by atoms with Crippen LogP contribution in [0.15, 0.2) is 55.1 Å². The Morgan fingerprint density at radius 3 is 2.50 bits per heavy atom. The number of ether oxygens (including phenoxy) is 2. The topological polar surface area (TPSA) is 49.2 Å². The highest BCUT2D eigenvalue weighted by Gasteiger charge is 2.19. The van der Waals surface area contributed by atoms with Gasteiger partial charge in [-0.2, -0.15) is 0 Å². The van der Waals surface area contributed by atoms with Crippen molar-refractivity contribution in [2.75, 3.05) is 14.2 Å². The largest absolute Gasteiger partial charge is 0.497 e. The van der Waals surface area contributed by atoms with Crippen molar-refractivity contribution in [1.82, 2.24) is 14.5 Å². The van der Waals surface area contributed by atoms with Crippen LogP contribution in [0.5, 0.6) is 11.5 Å². The number of hydrogen-bond donors (Lipinski definition) is 0. The van der Waals surface area contributed by atoms with Crippen LogP contribution in [0, 0.1) is 0 Å². The molecule has 0 saturated carbocycles. The van der Waals surface area contributed by atoms with Crippen LogP contribution in [0.4, 0.5) is 0 Å². The monoisotopic (exact) mass is 323 g/mol. The minimum atomic E-state index is 0.192. The number of imidazole rings is 1. The standard InChI is InChI=1S/C19H21N3O2/c1-4-17(14-7-9-20-10-8-14)22-12-11-21-19(22)16-6-5-15(23-2)13-18(16)24-3/h5-13,17H,4H2,1-3H3/t17-/m1/s1. The predicted molar refractivity (Wildman–Crippen MR) is 93.4 cm³/mol. The number of pyridine rings is 1. The Kier molecular flexibility index (Phi) is 4.79. The molecule has 0 aliphatic heterocycles. The highest BCUT2D eigenvalue weighted by molar-refractivity contribution is 5.66. The Morgan fingerprint density at radius 2 is 1.83 bits per heavy atom. The van der Waals surface area contributed by atoms with Gasteiger partial charge in [0.05, 0.1) is 25.8 Å². The normalized spacial score (nSPS) is 12.0. The maximum absolute atomic E-state index is 5.54. The van der Waals surface area contributed by atoms with Gasteiger partial charge in [-0.3, -0.25) is 4.98 Å². The first-order chi connectivity index (χ1) is 11.8. The molecule has 24 heavy (non-hydrogen) atoms. The molecule has 0 radical (unpaired) electrons. The molecule has 5 nitrogen and oxygen atoms in total. The van der Waals surface area contributed by atoms with E-state index < -0.39 is 0 Å². The summed E-state index contributed by atoms with van der Waals surface area (Å²) in [5.41, 5.74) is 2.15. The smallest absolute Gasteiger partial charge is 0.144 e. The van der Waals surface area contributed by atoms with Crippen LogP contribution in [0.25, 0.3) is 11.4 Å². The fourth-order valence-electron chi connectivity index (χ4n) is 2.93. The number of aromatic nitrogens is 3. The van der Waals surface area contributed by atoms with E-state index in [0.29, 0.717) is 0 Å². The van der Waals surface area contributed by atoms with Crippen molar-refractivity contribution in [1.29, 1.82) is 0 Å². The Morgan fingerprint density at radius 1 is 1.04 bits per heavy atom. The zero-order valence-electron chi connectivity index (χ0n) is 14.1. The molecule has 0 saturated heterocycles. The van der Waals surface area contributed by atoms with Crippen molar-refractivity contribution in [3.8, 4) is 22.9 Å². The molecule has 3 rings (SSSR count). The van der Waals surface area contributed by atoms with Gasteiger partial charge in [0.1, 0.15) is 17.3 Å². The van der Waals surface area contributed by atoms with Crippen molar-refractivity contribution in [2.24, 2.45) is 0 Å². The van der Waals surface area contributed by atoms with Crippen molar-refractivity contribution in [2.45, 2.75) is 19.4 Å². The number of benzene rings is 1. The summed E-state index contributed by atoms with van der Waals surface area (Å²) >= 11 is 0. The summed E-state index contributed by atoms with van der Waals surface area (Å²) in [6, 6.07) is 10.1. The molecule has 0 amide bonds. The summed E-state index contributed by atoms with van der Waals surface area (Å²) in [6.45, 7) is 2.17. The molecule has 0 N–H and O–H groups in total. The molecular weight excluding hydrogens is 302 g/mol. The molecule has 2 heterocycles. The lowest BCUT2D eigenvalue weighted by molar-refractivity contribution is 0.395. The average molecular weight is 323 g/mol. The van der Waals surface area contributed by atoms with Crippen LogP contribution in [0.3, 0.4) is 0 Å². The SMILES string of the molecule is CC[C@H](c1ccncc1)n1ccnc1-c1ccc(OC)cc1OC. The van der Waals surface area contributed by atoms with E-state index in [1.165, 1.54) is 5.56 Å². The van der Waals surface area contributed by atoms with Gasteiger partial charge in [0, 0.05) is 30.9 Å². The lowest BCUT2D eigenvalue weighted by atomic mass is 10.0. The maximum Gasteiger partial charge on any atom is 0.144 e. The second-order valence-corrected chi connectivity index (χ2v) is 5.43. The molecule has 0 aliphatic carbocycles. The van der Waals surface area contributed by atoms with E-state index in [1.54, 1.807) is 14.2 Å². The van der Waals surface area contributed by atoms with Gasteiger partial charge < -0.3 is 14.0 Å². The summed E-state index contributed by atoms with van der Waals surface area (Å²) in [5.74, 6) is 2.37. The summed E-state index contributed by atoms with van der Waals surface area (Å²) < 4.78 is 13.0. The molecule has 1 aromatic carbocycles. The van der Waals surface area contributed by atoms with Crippen LogP contribution < -0.4 is 9.47 Å². The summed E-state index contributed by atoms with van der Waals surface area (Å²) in [6.07, 6.45) is 8.42. The molecule has 0 unspecified atom stereocenters. The number of rotatable bonds is 6. The van der Waals surface area contributed by atoms with Crippen molar-refractivity contribution in [3.05, 3.63) is 60.7 Å². The Hall–Kier alpha value is -2.82. The summed E-state index contributed by atoms with van der Waals surface area (Å²) in [7, 11) is 3.30. The van der Waals surface area contributed by atoms with E-state index in [1.807, 2.05) is 55.1 Å². The zero-order chi connectivity index (χ0) is 16.9. The lowest BCUT2D eigenvalue weighted by Gasteiger charge is -2.20. The average Bonchev–Trinajstić information content (AvgIpc) is 3.12. The minimum absolute atomic E-state index is 0.192. The predicted octanol–water partition coefficient (Wildman–Crippen LogP) is 3.96. The maximum atomic E-state index is 5.54. The molecule has 3 aromatic rings. The second kappa shape index (κ2) is 7.17. The number of methoxy groups -OCH3 is 2. The molecule has 0 aliphatic rings. The first kappa shape index (κ1) is 16.1. The highest BCUT2D eigenvalue weighted by Crippen LogP contribution is 2.35. The van der Waals surface area contributed by atoms with Crippen molar-refractivity contribution in [3.63, 3.8) is 0 Å². The van der Waals surface area contributed by atoms with Gasteiger partial charge in [-0.05, 0) is 36.2 Å². The Balaban J connectivity index is 2.08. The molecule has 1 atom stereocenters. The van der Waals surface area contributed by atoms with Gasteiger partial charge >= 0.3 is 0 Å². The van der Waals surface area contributed by atoms with Gasteiger partial charge in [-0.1, -0.05) is 6.92 Å². The van der Waals surface area contributed by atoms with E-state index >= 15 is 0 Å². The van der Waals surface area contributed by atoms with Crippen molar-refractivity contribution < 1.29 is 9.47 Å². The second-order valence-electron chi connectivity index (χ2n) is 5.43. The molecule has 0 fully saturated rings. The minimum Gasteiger partial charge on any atom is -0.497 e. The Bertz CT molecular complexity index is 799. The lowest BCUT2D eigenvalue weighted by Crippen LogP contribution is -2.11. The molecule has 124 valence electrons. The van der Waals surface area contributed by atoms with E-state index in [9.17, 15) is 0 Å². The van der Waals surface area contributed by atoms with E-state index in [4.69, 9.17) is 9.47 Å². The van der Waals surface area contributed by atoms with Gasteiger partial charge in [0.15, 0.2) is 0 Å². The van der Waals surface area contributed by atoms with Crippen LogP contribution in [-0.4, -0.2) is 28.8 Å². The van der Waals surface area contributed by atoms with Crippen molar-refractivity contribution >= 4 is 0 Å². The third-order valence-corrected chi connectivity index (χ3v) is 4.13. The van der Waals surface area contributed by atoms with Crippen LogP contribution in [0.2, 0.25) is 0 Å². The first-order valence-corrected chi connectivity index (χ1v) is 7.93. The highest BCUT2D eigenvalue weighted by atomic mass is 16.5. The summed E-state index contributed by atoms with van der Waals surface area (Å²) in [4.78, 5) is 8.68. The fraction of sp³-hybridized carbons (Fsp3) is 0.263. The molecule has 2 aromatic heterocycles. The van der Waals surface area contributed by atoms with Crippen LogP contribution in [-0.2, 0) is 0 Å². The zero-order valence-corrected chi connectivity index (χ0v) is 14.1. The van der Waals surface area contributed by atoms with Gasteiger partial charge in [0.2, 0.25) is 0 Å². The summed E-state index contributed by atoms with van der Waals surface area (Å²) in [5, 5.41) is 0. The molecule has 0 spiro atoms. The van der Waals surface area contributed by atoms with Gasteiger partial charge in [0.25, 0.3) is 0 Å². The third-order valence-electron chi connectivity index (χ3n) is 4.13. The first-order valence-electron chi connectivity index (χ1n) is 7.93. The van der Waals surface area contributed by atoms with E-state index in [0.717, 1.165) is 29.3 Å². The van der Waals surface area contributed by atoms with E-state index in [-0.39, 0.29) is 6.04 Å². The molecular formula is C19H21N3O2. The number of nitrogens with zero attached hydrogens (tertiary/aromatic N) is 3. The molecule has 0 bridgehead atoms. The van der Waals surface area contributed by atoms with Gasteiger partial charge in [-0.25, -0.2) is 4.98 Å². The fourth-order valence-corrected chi connectivity index (χ4v) is 2.93. The molecule has 5 heteroatoms. The van der Waals surface area contributed by atoms with Crippen LogP contribution >= 0.6 is 0 Å². The van der Waals surface area contributed by atoms with E-state index in [2.05, 4.69) is 21.5 Å².